The highest BCUT2D eigenvalue weighted by Gasteiger charge is 2.28. The minimum absolute atomic E-state index is 0.0698. The van der Waals surface area contributed by atoms with Gasteiger partial charge in [0.05, 0.1) is 7.11 Å². The maximum atomic E-state index is 11.8. The lowest BCUT2D eigenvalue weighted by molar-refractivity contribution is -0.117. The number of carbonyl (C=O) groups excluding carboxylic acids is 1. The van der Waals surface area contributed by atoms with Gasteiger partial charge in [-0.2, -0.15) is 16.7 Å². The van der Waals surface area contributed by atoms with E-state index in [0.29, 0.717) is 17.4 Å². The fourth-order valence-corrected chi connectivity index (χ4v) is 2.10. The average Bonchev–Trinajstić information content (AvgIpc) is 2.35. The van der Waals surface area contributed by atoms with Gasteiger partial charge in [-0.15, -0.1) is 0 Å². The first-order valence-electron chi connectivity index (χ1n) is 5.21. The summed E-state index contributed by atoms with van der Waals surface area (Å²) in [6.45, 7) is 0. The largest absolute Gasteiger partial charge is 0.479 e. The van der Waals surface area contributed by atoms with Crippen molar-refractivity contribution >= 4 is 29.2 Å². The summed E-state index contributed by atoms with van der Waals surface area (Å²) in [5, 5.41) is 5.88. The molecule has 1 aliphatic rings. The number of nitrogens with zero attached hydrogens (tertiary/aromatic N) is 2. The molecule has 0 spiro atoms. The first-order valence-corrected chi connectivity index (χ1v) is 6.61. The smallest absolute Gasteiger partial charge is 0.247 e. The van der Waals surface area contributed by atoms with E-state index in [9.17, 15) is 4.79 Å². The van der Waals surface area contributed by atoms with Crippen LogP contribution in [0.25, 0.3) is 0 Å². The highest BCUT2D eigenvalue weighted by molar-refractivity contribution is 7.98. The second-order valence-corrected chi connectivity index (χ2v) is 4.56. The minimum atomic E-state index is -0.241. The van der Waals surface area contributed by atoms with Gasteiger partial charge in [0.15, 0.2) is 5.82 Å². The Morgan fingerprint density at radius 3 is 3.06 bits per heavy atom. The number of methoxy groups -OCH3 is 1. The Labute approximate surface area is 104 Å². The molecule has 1 amide bonds. The van der Waals surface area contributed by atoms with E-state index in [4.69, 9.17) is 4.74 Å². The third kappa shape index (κ3) is 2.44. The lowest BCUT2D eigenvalue weighted by Gasteiger charge is -2.26. The predicted molar refractivity (Wildman–Crippen MR) is 67.6 cm³/mol. The normalized spacial score (nSPS) is 18.0. The van der Waals surface area contributed by atoms with Crippen LogP contribution in [0.4, 0.5) is 11.5 Å². The molecule has 0 saturated carbocycles. The van der Waals surface area contributed by atoms with Gasteiger partial charge in [-0.1, -0.05) is 0 Å². The van der Waals surface area contributed by atoms with E-state index < -0.39 is 0 Å². The molecule has 1 aromatic rings. The summed E-state index contributed by atoms with van der Waals surface area (Å²) < 4.78 is 5.07. The van der Waals surface area contributed by atoms with Crippen molar-refractivity contribution in [2.45, 2.75) is 12.5 Å². The molecular formula is C10H14N4O2S. The van der Waals surface area contributed by atoms with E-state index in [0.717, 1.165) is 12.2 Å². The Hall–Kier alpha value is -1.50. The maximum absolute atomic E-state index is 11.8. The van der Waals surface area contributed by atoms with Crippen LogP contribution in [0, 0.1) is 0 Å². The van der Waals surface area contributed by atoms with Crippen LogP contribution in [0.5, 0.6) is 5.88 Å². The van der Waals surface area contributed by atoms with E-state index >= 15 is 0 Å². The number of nitrogens with one attached hydrogen (secondary N) is 2. The lowest BCUT2D eigenvalue weighted by Crippen LogP contribution is -2.39. The molecule has 0 aliphatic carbocycles. The van der Waals surface area contributed by atoms with Gasteiger partial charge < -0.3 is 15.4 Å². The number of fused-ring (bicyclic) bond motifs is 1. The number of ether oxygens (including phenoxy) is 1. The number of carbonyl (C=O) groups is 1. The van der Waals surface area contributed by atoms with Crippen molar-refractivity contribution in [2.24, 2.45) is 0 Å². The van der Waals surface area contributed by atoms with Crippen molar-refractivity contribution in [3.05, 3.63) is 6.33 Å². The second kappa shape index (κ2) is 5.22. The number of anilines is 2. The molecule has 2 heterocycles. The Morgan fingerprint density at radius 1 is 1.53 bits per heavy atom. The van der Waals surface area contributed by atoms with Crippen LogP contribution >= 0.6 is 11.8 Å². The van der Waals surface area contributed by atoms with Gasteiger partial charge in [0.2, 0.25) is 11.8 Å². The summed E-state index contributed by atoms with van der Waals surface area (Å²) in [5.41, 5.74) is 0.514. The molecule has 6 nitrogen and oxygen atoms in total. The fraction of sp³-hybridized carbons (Fsp3) is 0.500. The van der Waals surface area contributed by atoms with Crippen molar-refractivity contribution < 1.29 is 9.53 Å². The molecule has 0 bridgehead atoms. The molecule has 2 rings (SSSR count). The van der Waals surface area contributed by atoms with Crippen molar-refractivity contribution in [3.63, 3.8) is 0 Å². The second-order valence-electron chi connectivity index (χ2n) is 3.57. The van der Waals surface area contributed by atoms with Crippen LogP contribution in [0.1, 0.15) is 6.42 Å². The van der Waals surface area contributed by atoms with E-state index in [1.807, 2.05) is 6.26 Å². The van der Waals surface area contributed by atoms with Crippen LogP contribution < -0.4 is 15.4 Å². The van der Waals surface area contributed by atoms with E-state index in [1.54, 1.807) is 11.8 Å². The lowest BCUT2D eigenvalue weighted by atomic mass is 10.1. The van der Waals surface area contributed by atoms with Crippen molar-refractivity contribution in [2.75, 3.05) is 29.8 Å². The first-order chi connectivity index (χ1) is 8.26. The van der Waals surface area contributed by atoms with Crippen molar-refractivity contribution in [1.82, 2.24) is 9.97 Å². The molecular weight excluding hydrogens is 240 g/mol. The van der Waals surface area contributed by atoms with E-state index in [2.05, 4.69) is 20.6 Å². The molecule has 1 aliphatic heterocycles. The summed E-state index contributed by atoms with van der Waals surface area (Å²) in [6.07, 6.45) is 4.19. The molecule has 0 saturated heterocycles. The summed E-state index contributed by atoms with van der Waals surface area (Å²) in [6, 6.07) is -0.241. The fourth-order valence-electron chi connectivity index (χ4n) is 1.63. The monoisotopic (exact) mass is 254 g/mol. The Bertz CT molecular complexity index is 427. The molecule has 2 N–H and O–H groups in total. The zero-order chi connectivity index (χ0) is 12.3. The molecule has 92 valence electrons. The van der Waals surface area contributed by atoms with E-state index in [1.165, 1.54) is 13.4 Å². The summed E-state index contributed by atoms with van der Waals surface area (Å²) in [5.74, 6) is 1.84. The van der Waals surface area contributed by atoms with Gasteiger partial charge in [-0.25, -0.2) is 4.98 Å². The third-order valence-electron chi connectivity index (χ3n) is 2.49. The molecule has 1 aromatic heterocycles. The first kappa shape index (κ1) is 12.0. The molecule has 1 atom stereocenters. The Morgan fingerprint density at radius 2 is 2.35 bits per heavy atom. The molecule has 7 heteroatoms. The van der Waals surface area contributed by atoms with E-state index in [-0.39, 0.29) is 11.9 Å². The topological polar surface area (TPSA) is 76.1 Å². The van der Waals surface area contributed by atoms with Crippen molar-refractivity contribution in [1.29, 1.82) is 0 Å². The summed E-state index contributed by atoms with van der Waals surface area (Å²) in [7, 11) is 1.51. The van der Waals surface area contributed by atoms with Gasteiger partial charge in [-0.3, -0.25) is 4.79 Å². The number of hydrogen-bond acceptors (Lipinski definition) is 6. The quantitative estimate of drug-likeness (QED) is 0.834. The molecule has 1 unspecified atom stereocenters. The van der Waals surface area contributed by atoms with Gasteiger partial charge in [0, 0.05) is 0 Å². The highest BCUT2D eigenvalue weighted by Crippen LogP contribution is 2.32. The van der Waals surface area contributed by atoms with Crippen LogP contribution in [-0.2, 0) is 4.79 Å². The number of rotatable bonds is 4. The number of amides is 1. The van der Waals surface area contributed by atoms with Crippen molar-refractivity contribution in [3.8, 4) is 5.88 Å². The van der Waals surface area contributed by atoms with Gasteiger partial charge >= 0.3 is 0 Å². The van der Waals surface area contributed by atoms with Gasteiger partial charge in [-0.05, 0) is 18.4 Å². The number of thioether (sulfide) groups is 1. The third-order valence-corrected chi connectivity index (χ3v) is 3.14. The molecule has 0 radical (unpaired) electrons. The summed E-state index contributed by atoms with van der Waals surface area (Å²) in [4.78, 5) is 19.9. The van der Waals surface area contributed by atoms with Crippen LogP contribution in [0.3, 0.4) is 0 Å². The number of hydrogen-bond donors (Lipinski definition) is 2. The predicted octanol–water partition coefficient (Wildman–Crippen LogP) is 0.971. The SMILES string of the molecule is COc1ncnc2c1NC(=O)C(CCSC)N2. The zero-order valence-corrected chi connectivity index (χ0v) is 10.5. The molecule has 0 fully saturated rings. The molecule has 17 heavy (non-hydrogen) atoms. The van der Waals surface area contributed by atoms with Crippen LogP contribution in [0.15, 0.2) is 6.33 Å². The maximum Gasteiger partial charge on any atom is 0.247 e. The zero-order valence-electron chi connectivity index (χ0n) is 9.69. The summed E-state index contributed by atoms with van der Waals surface area (Å²) >= 11 is 1.71. The minimum Gasteiger partial charge on any atom is -0.479 e. The highest BCUT2D eigenvalue weighted by atomic mass is 32.2. The van der Waals surface area contributed by atoms with Gasteiger partial charge in [0.1, 0.15) is 18.1 Å². The molecule has 0 aromatic carbocycles. The Balaban J connectivity index is 2.21. The van der Waals surface area contributed by atoms with Crippen LogP contribution in [0.2, 0.25) is 0 Å². The average molecular weight is 254 g/mol. The Kier molecular flexibility index (Phi) is 3.68. The van der Waals surface area contributed by atoms with Gasteiger partial charge in [0.25, 0.3) is 0 Å². The number of aromatic nitrogens is 2. The standard InChI is InChI=1S/C10H14N4O2S/c1-16-10-7-8(11-5-12-10)13-6(3-4-17-2)9(15)14-7/h5-6H,3-4H2,1-2H3,(H,14,15)(H,11,12,13). The van der Waals surface area contributed by atoms with Crippen LogP contribution in [-0.4, -0.2) is 41.0 Å².